The molecule has 0 aliphatic heterocycles. The van der Waals surface area contributed by atoms with E-state index in [0.29, 0.717) is 0 Å². The van der Waals surface area contributed by atoms with Gasteiger partial charge in [0, 0.05) is 16.9 Å². The second-order valence-electron chi connectivity index (χ2n) is 4.47. The van der Waals surface area contributed by atoms with E-state index in [0.717, 1.165) is 12.1 Å². The van der Waals surface area contributed by atoms with Crippen molar-refractivity contribution in [2.24, 2.45) is 0 Å². The third-order valence-corrected chi connectivity index (χ3v) is 3.16. The SMILES string of the molecule is Cc1ccc(NC2=CCc3ccccc32)cc1. The first-order chi connectivity index (χ1) is 8.33. The molecule has 1 N–H and O–H groups in total. The van der Waals surface area contributed by atoms with Crippen LogP contribution in [0.2, 0.25) is 0 Å². The number of benzene rings is 2. The molecule has 0 amide bonds. The lowest BCUT2D eigenvalue weighted by molar-refractivity contribution is 1.31. The number of fused-ring (bicyclic) bond motifs is 1. The third-order valence-electron chi connectivity index (χ3n) is 3.16. The molecule has 84 valence electrons. The van der Waals surface area contributed by atoms with Crippen molar-refractivity contribution < 1.29 is 0 Å². The molecule has 1 aliphatic rings. The highest BCUT2D eigenvalue weighted by atomic mass is 14.9. The molecule has 2 aromatic rings. The number of aryl methyl sites for hydroxylation is 1. The van der Waals surface area contributed by atoms with Gasteiger partial charge in [-0.2, -0.15) is 0 Å². The zero-order chi connectivity index (χ0) is 11.7. The van der Waals surface area contributed by atoms with E-state index in [1.807, 2.05) is 0 Å². The van der Waals surface area contributed by atoms with E-state index < -0.39 is 0 Å². The minimum absolute atomic E-state index is 1.03. The van der Waals surface area contributed by atoms with E-state index in [4.69, 9.17) is 0 Å². The predicted molar refractivity (Wildman–Crippen MR) is 72.9 cm³/mol. The fourth-order valence-electron chi connectivity index (χ4n) is 2.19. The summed E-state index contributed by atoms with van der Waals surface area (Å²) in [6.07, 6.45) is 3.29. The van der Waals surface area contributed by atoms with Gasteiger partial charge in [-0.25, -0.2) is 0 Å². The number of nitrogens with one attached hydrogen (secondary N) is 1. The lowest BCUT2D eigenvalue weighted by atomic mass is 10.1. The van der Waals surface area contributed by atoms with Crippen molar-refractivity contribution in [3.05, 3.63) is 71.3 Å². The van der Waals surface area contributed by atoms with Crippen molar-refractivity contribution in [1.29, 1.82) is 0 Å². The molecule has 0 atom stereocenters. The minimum atomic E-state index is 1.03. The number of anilines is 1. The van der Waals surface area contributed by atoms with Crippen molar-refractivity contribution >= 4 is 11.4 Å². The summed E-state index contributed by atoms with van der Waals surface area (Å²) in [5.74, 6) is 0. The quantitative estimate of drug-likeness (QED) is 0.808. The van der Waals surface area contributed by atoms with E-state index in [1.165, 1.54) is 22.4 Å². The molecule has 3 rings (SSSR count). The molecule has 0 fully saturated rings. The van der Waals surface area contributed by atoms with Gasteiger partial charge in [0.2, 0.25) is 0 Å². The van der Waals surface area contributed by atoms with Gasteiger partial charge in [-0.05, 0) is 31.0 Å². The maximum atomic E-state index is 3.49. The summed E-state index contributed by atoms with van der Waals surface area (Å²) in [4.78, 5) is 0. The molecular formula is C16H15N. The fraction of sp³-hybridized carbons (Fsp3) is 0.125. The Bertz CT molecular complexity index is 564. The van der Waals surface area contributed by atoms with Gasteiger partial charge in [-0.1, -0.05) is 48.0 Å². The zero-order valence-corrected chi connectivity index (χ0v) is 9.90. The average Bonchev–Trinajstić information content (AvgIpc) is 2.76. The van der Waals surface area contributed by atoms with Crippen LogP contribution in [-0.4, -0.2) is 0 Å². The van der Waals surface area contributed by atoms with E-state index in [-0.39, 0.29) is 0 Å². The molecule has 0 aromatic heterocycles. The van der Waals surface area contributed by atoms with E-state index in [2.05, 4.69) is 66.8 Å². The number of rotatable bonds is 2. The van der Waals surface area contributed by atoms with Gasteiger partial charge in [0.05, 0.1) is 0 Å². The molecule has 0 unspecified atom stereocenters. The molecule has 1 aliphatic carbocycles. The number of hydrogen-bond acceptors (Lipinski definition) is 1. The summed E-state index contributed by atoms with van der Waals surface area (Å²) in [7, 11) is 0. The van der Waals surface area contributed by atoms with Crippen LogP contribution < -0.4 is 5.32 Å². The summed E-state index contributed by atoms with van der Waals surface area (Å²) in [5.41, 5.74) is 6.40. The summed E-state index contributed by atoms with van der Waals surface area (Å²) >= 11 is 0. The first kappa shape index (κ1) is 10.2. The molecular weight excluding hydrogens is 206 g/mol. The standard InChI is InChI=1S/C16H15N/c1-12-6-9-14(10-7-12)17-16-11-8-13-4-2-3-5-15(13)16/h2-7,9-11,17H,8H2,1H3. The lowest BCUT2D eigenvalue weighted by Crippen LogP contribution is -1.96. The molecule has 0 heterocycles. The molecule has 0 radical (unpaired) electrons. The maximum Gasteiger partial charge on any atom is 0.0423 e. The Morgan fingerprint density at radius 3 is 2.53 bits per heavy atom. The van der Waals surface area contributed by atoms with Gasteiger partial charge in [-0.3, -0.25) is 0 Å². The Hall–Kier alpha value is -2.02. The highest BCUT2D eigenvalue weighted by Crippen LogP contribution is 2.28. The highest BCUT2D eigenvalue weighted by Gasteiger charge is 2.12. The molecule has 2 aromatic carbocycles. The minimum Gasteiger partial charge on any atom is -0.355 e. The van der Waals surface area contributed by atoms with Crippen molar-refractivity contribution in [2.45, 2.75) is 13.3 Å². The number of allylic oxidation sites excluding steroid dienone is 1. The largest absolute Gasteiger partial charge is 0.355 e. The molecule has 0 saturated heterocycles. The Morgan fingerprint density at radius 1 is 0.941 bits per heavy atom. The van der Waals surface area contributed by atoms with Crippen molar-refractivity contribution in [2.75, 3.05) is 5.32 Å². The van der Waals surface area contributed by atoms with Crippen molar-refractivity contribution in [3.8, 4) is 0 Å². The molecule has 0 spiro atoms. The summed E-state index contributed by atoms with van der Waals surface area (Å²) < 4.78 is 0. The van der Waals surface area contributed by atoms with Crippen molar-refractivity contribution in [3.63, 3.8) is 0 Å². The van der Waals surface area contributed by atoms with Crippen LogP contribution in [0.3, 0.4) is 0 Å². The molecule has 1 heteroatoms. The normalized spacial score (nSPS) is 13.1. The molecule has 17 heavy (non-hydrogen) atoms. The highest BCUT2D eigenvalue weighted by molar-refractivity contribution is 5.81. The van der Waals surface area contributed by atoms with Crippen molar-refractivity contribution in [1.82, 2.24) is 0 Å². The van der Waals surface area contributed by atoms with Crippen LogP contribution in [0.15, 0.2) is 54.6 Å². The Morgan fingerprint density at radius 2 is 1.71 bits per heavy atom. The van der Waals surface area contributed by atoms with E-state index in [1.54, 1.807) is 0 Å². The van der Waals surface area contributed by atoms with E-state index >= 15 is 0 Å². The fourth-order valence-corrected chi connectivity index (χ4v) is 2.19. The third kappa shape index (κ3) is 1.96. The van der Waals surface area contributed by atoms with Crippen LogP contribution in [0.4, 0.5) is 5.69 Å². The average molecular weight is 221 g/mol. The summed E-state index contributed by atoms with van der Waals surface area (Å²) in [6, 6.07) is 17.1. The topological polar surface area (TPSA) is 12.0 Å². The van der Waals surface area contributed by atoms with E-state index in [9.17, 15) is 0 Å². The van der Waals surface area contributed by atoms with Crippen LogP contribution in [0.25, 0.3) is 5.70 Å². The van der Waals surface area contributed by atoms with Crippen LogP contribution in [0.1, 0.15) is 16.7 Å². The first-order valence-corrected chi connectivity index (χ1v) is 5.95. The monoisotopic (exact) mass is 221 g/mol. The molecule has 0 saturated carbocycles. The number of hydrogen-bond donors (Lipinski definition) is 1. The lowest BCUT2D eigenvalue weighted by Gasteiger charge is -2.09. The second-order valence-corrected chi connectivity index (χ2v) is 4.47. The second kappa shape index (κ2) is 4.10. The molecule has 0 bridgehead atoms. The van der Waals surface area contributed by atoms with Gasteiger partial charge in [-0.15, -0.1) is 0 Å². The van der Waals surface area contributed by atoms with Gasteiger partial charge in [0.15, 0.2) is 0 Å². The van der Waals surface area contributed by atoms with Gasteiger partial charge in [0.25, 0.3) is 0 Å². The molecule has 1 nitrogen and oxygen atoms in total. The predicted octanol–water partition coefficient (Wildman–Crippen LogP) is 4.00. The maximum absolute atomic E-state index is 3.49. The Labute approximate surface area is 102 Å². The first-order valence-electron chi connectivity index (χ1n) is 5.95. The summed E-state index contributed by atoms with van der Waals surface area (Å²) in [6.45, 7) is 2.11. The van der Waals surface area contributed by atoms with Crippen LogP contribution in [0.5, 0.6) is 0 Å². The summed E-state index contributed by atoms with van der Waals surface area (Å²) in [5, 5.41) is 3.49. The van der Waals surface area contributed by atoms with Gasteiger partial charge in [0.1, 0.15) is 0 Å². The van der Waals surface area contributed by atoms with Crippen LogP contribution in [0, 0.1) is 6.92 Å². The van der Waals surface area contributed by atoms with Crippen LogP contribution in [-0.2, 0) is 6.42 Å². The van der Waals surface area contributed by atoms with Gasteiger partial charge < -0.3 is 5.32 Å². The smallest absolute Gasteiger partial charge is 0.0423 e. The van der Waals surface area contributed by atoms with Crippen LogP contribution >= 0.6 is 0 Å². The van der Waals surface area contributed by atoms with Gasteiger partial charge >= 0.3 is 0 Å². The zero-order valence-electron chi connectivity index (χ0n) is 9.90. The Balaban J connectivity index is 1.86. The Kier molecular flexibility index (Phi) is 2.45.